The molecule has 0 atom stereocenters. The van der Waals surface area contributed by atoms with Crippen molar-refractivity contribution in [3.8, 4) is 22.4 Å². The molecule has 0 aliphatic heterocycles. The zero-order valence-electron chi connectivity index (χ0n) is 12.6. The molecule has 0 saturated heterocycles. The number of fused-ring (bicyclic) bond motifs is 1. The molecule has 2 aromatic heterocycles. The summed E-state index contributed by atoms with van der Waals surface area (Å²) in [7, 11) is 0. The molecule has 1 amide bonds. The number of nitrogens with one attached hydrogen (secondary N) is 1. The molecule has 24 heavy (non-hydrogen) atoms. The molecule has 2 heterocycles. The SMILES string of the molecule is NC(=O)c1ccc(-c2ccccc2)c(-c2ncnc3nc[nH]c23)c1. The van der Waals surface area contributed by atoms with Gasteiger partial charge in [0.05, 0.1) is 6.33 Å². The molecular weight excluding hydrogens is 302 g/mol. The first kappa shape index (κ1) is 14.1. The summed E-state index contributed by atoms with van der Waals surface area (Å²) in [6, 6.07) is 15.3. The van der Waals surface area contributed by atoms with Gasteiger partial charge in [0.15, 0.2) is 5.65 Å². The summed E-state index contributed by atoms with van der Waals surface area (Å²) in [5, 5.41) is 0. The van der Waals surface area contributed by atoms with Crippen molar-refractivity contribution in [2.45, 2.75) is 0 Å². The molecule has 0 radical (unpaired) electrons. The second kappa shape index (κ2) is 5.58. The number of primary amides is 1. The van der Waals surface area contributed by atoms with Crippen LogP contribution < -0.4 is 5.73 Å². The maximum Gasteiger partial charge on any atom is 0.248 e. The first-order valence-corrected chi connectivity index (χ1v) is 7.38. The topological polar surface area (TPSA) is 97.6 Å². The number of aromatic amines is 1. The van der Waals surface area contributed by atoms with Crippen LogP contribution in [0.1, 0.15) is 10.4 Å². The van der Waals surface area contributed by atoms with E-state index in [2.05, 4.69) is 19.9 Å². The lowest BCUT2D eigenvalue weighted by Gasteiger charge is -2.11. The predicted octanol–water partition coefficient (Wildman–Crippen LogP) is 2.79. The van der Waals surface area contributed by atoms with E-state index in [1.807, 2.05) is 36.4 Å². The largest absolute Gasteiger partial charge is 0.366 e. The average molecular weight is 315 g/mol. The van der Waals surface area contributed by atoms with Crippen molar-refractivity contribution in [1.82, 2.24) is 19.9 Å². The van der Waals surface area contributed by atoms with E-state index in [0.717, 1.165) is 22.2 Å². The van der Waals surface area contributed by atoms with Crippen molar-refractivity contribution < 1.29 is 4.79 Å². The van der Waals surface area contributed by atoms with E-state index in [0.29, 0.717) is 16.9 Å². The minimum atomic E-state index is -0.481. The van der Waals surface area contributed by atoms with Crippen LogP contribution in [0.25, 0.3) is 33.5 Å². The van der Waals surface area contributed by atoms with Crippen molar-refractivity contribution in [3.63, 3.8) is 0 Å². The summed E-state index contributed by atoms with van der Waals surface area (Å²) < 4.78 is 0. The molecule has 6 nitrogen and oxygen atoms in total. The molecule has 4 rings (SSSR count). The van der Waals surface area contributed by atoms with Crippen LogP contribution in [-0.4, -0.2) is 25.8 Å². The van der Waals surface area contributed by atoms with Crippen molar-refractivity contribution in [3.05, 3.63) is 66.7 Å². The van der Waals surface area contributed by atoms with Crippen LogP contribution >= 0.6 is 0 Å². The Labute approximate surface area is 137 Å². The molecule has 0 spiro atoms. The number of nitrogens with zero attached hydrogens (tertiary/aromatic N) is 3. The van der Waals surface area contributed by atoms with Gasteiger partial charge < -0.3 is 10.7 Å². The maximum absolute atomic E-state index is 11.6. The van der Waals surface area contributed by atoms with E-state index in [1.54, 1.807) is 18.5 Å². The number of aromatic nitrogens is 4. The van der Waals surface area contributed by atoms with Gasteiger partial charge >= 0.3 is 0 Å². The quantitative estimate of drug-likeness (QED) is 0.607. The molecule has 4 aromatic rings. The third-order valence-corrected chi connectivity index (χ3v) is 3.87. The smallest absolute Gasteiger partial charge is 0.248 e. The molecule has 0 fully saturated rings. The van der Waals surface area contributed by atoms with Crippen LogP contribution in [0.15, 0.2) is 61.2 Å². The molecule has 0 saturated carbocycles. The summed E-state index contributed by atoms with van der Waals surface area (Å²) in [4.78, 5) is 27.4. The third kappa shape index (κ3) is 2.30. The minimum absolute atomic E-state index is 0.427. The molecule has 0 unspecified atom stereocenters. The average Bonchev–Trinajstić information content (AvgIpc) is 3.10. The molecule has 2 aromatic carbocycles. The fourth-order valence-electron chi connectivity index (χ4n) is 2.73. The summed E-state index contributed by atoms with van der Waals surface area (Å²) in [5.41, 5.74) is 10.6. The lowest BCUT2D eigenvalue weighted by molar-refractivity contribution is 0.100. The van der Waals surface area contributed by atoms with Crippen LogP contribution in [0.4, 0.5) is 0 Å². The highest BCUT2D eigenvalue weighted by atomic mass is 16.1. The van der Waals surface area contributed by atoms with Gasteiger partial charge in [-0.1, -0.05) is 36.4 Å². The van der Waals surface area contributed by atoms with E-state index in [1.165, 1.54) is 6.33 Å². The monoisotopic (exact) mass is 315 g/mol. The van der Waals surface area contributed by atoms with Crippen molar-refractivity contribution in [2.75, 3.05) is 0 Å². The van der Waals surface area contributed by atoms with Gasteiger partial charge in [-0.25, -0.2) is 15.0 Å². The second-order valence-corrected chi connectivity index (χ2v) is 5.31. The Balaban J connectivity index is 2.03. The van der Waals surface area contributed by atoms with Gasteiger partial charge in [0.1, 0.15) is 17.5 Å². The van der Waals surface area contributed by atoms with Crippen LogP contribution in [0.5, 0.6) is 0 Å². The number of nitrogens with two attached hydrogens (primary N) is 1. The molecule has 0 aliphatic carbocycles. The van der Waals surface area contributed by atoms with Crippen molar-refractivity contribution >= 4 is 17.1 Å². The molecule has 6 heteroatoms. The normalized spacial score (nSPS) is 10.8. The van der Waals surface area contributed by atoms with Crippen LogP contribution in [0.3, 0.4) is 0 Å². The summed E-state index contributed by atoms with van der Waals surface area (Å²) in [6.07, 6.45) is 3.03. The fourth-order valence-corrected chi connectivity index (χ4v) is 2.73. The van der Waals surface area contributed by atoms with Crippen LogP contribution in [0.2, 0.25) is 0 Å². The first-order valence-electron chi connectivity index (χ1n) is 7.38. The highest BCUT2D eigenvalue weighted by Gasteiger charge is 2.15. The number of hydrogen-bond acceptors (Lipinski definition) is 4. The molecule has 116 valence electrons. The fraction of sp³-hybridized carbons (Fsp3) is 0. The zero-order valence-corrected chi connectivity index (χ0v) is 12.6. The summed E-state index contributed by atoms with van der Waals surface area (Å²) in [6.45, 7) is 0. The number of carbonyl (C=O) groups excluding carboxylic acids is 1. The number of benzene rings is 2. The van der Waals surface area contributed by atoms with E-state index < -0.39 is 5.91 Å². The Morgan fingerprint density at radius 3 is 2.58 bits per heavy atom. The Kier molecular flexibility index (Phi) is 3.28. The number of imidazole rings is 1. The number of hydrogen-bond donors (Lipinski definition) is 2. The van der Waals surface area contributed by atoms with Crippen molar-refractivity contribution in [2.24, 2.45) is 5.73 Å². The Morgan fingerprint density at radius 1 is 0.958 bits per heavy atom. The first-order chi connectivity index (χ1) is 11.7. The van der Waals surface area contributed by atoms with Gasteiger partial charge in [-0.05, 0) is 23.3 Å². The van der Waals surface area contributed by atoms with E-state index in [9.17, 15) is 4.79 Å². The van der Waals surface area contributed by atoms with Gasteiger partial charge in [-0.3, -0.25) is 4.79 Å². The Morgan fingerprint density at radius 2 is 1.79 bits per heavy atom. The number of rotatable bonds is 3. The van der Waals surface area contributed by atoms with Crippen molar-refractivity contribution in [1.29, 1.82) is 0 Å². The lowest BCUT2D eigenvalue weighted by atomic mass is 9.95. The molecule has 0 bridgehead atoms. The number of carbonyl (C=O) groups is 1. The van der Waals surface area contributed by atoms with E-state index >= 15 is 0 Å². The number of amides is 1. The van der Waals surface area contributed by atoms with E-state index in [4.69, 9.17) is 5.73 Å². The van der Waals surface area contributed by atoms with Gasteiger partial charge in [0.2, 0.25) is 5.91 Å². The molecule has 0 aliphatic rings. The van der Waals surface area contributed by atoms with Gasteiger partial charge in [-0.15, -0.1) is 0 Å². The van der Waals surface area contributed by atoms with Crippen LogP contribution in [-0.2, 0) is 0 Å². The van der Waals surface area contributed by atoms with Crippen LogP contribution in [0, 0.1) is 0 Å². The minimum Gasteiger partial charge on any atom is -0.366 e. The highest BCUT2D eigenvalue weighted by molar-refractivity contribution is 5.99. The van der Waals surface area contributed by atoms with E-state index in [-0.39, 0.29) is 0 Å². The third-order valence-electron chi connectivity index (χ3n) is 3.87. The molecule has 3 N–H and O–H groups in total. The zero-order chi connectivity index (χ0) is 16.5. The molecular formula is C18H13N5O. The summed E-state index contributed by atoms with van der Waals surface area (Å²) >= 11 is 0. The Bertz CT molecular complexity index is 1040. The highest BCUT2D eigenvalue weighted by Crippen LogP contribution is 2.34. The number of H-pyrrole nitrogens is 1. The van der Waals surface area contributed by atoms with Gasteiger partial charge in [-0.2, -0.15) is 0 Å². The predicted molar refractivity (Wildman–Crippen MR) is 91.1 cm³/mol. The lowest BCUT2D eigenvalue weighted by Crippen LogP contribution is -2.11. The summed E-state index contributed by atoms with van der Waals surface area (Å²) in [5.74, 6) is -0.481. The van der Waals surface area contributed by atoms with Gasteiger partial charge in [0.25, 0.3) is 0 Å². The Hall–Kier alpha value is -3.54. The van der Waals surface area contributed by atoms with Gasteiger partial charge in [0, 0.05) is 11.1 Å². The maximum atomic E-state index is 11.6. The second-order valence-electron chi connectivity index (χ2n) is 5.31. The standard InChI is InChI=1S/C18H13N5O/c19-17(24)12-6-7-13(11-4-2-1-3-5-11)14(8-12)15-16-18(22-9-20-15)23-10-21-16/h1-10H,(H2,19,24)(H,20,21,22,23).